The van der Waals surface area contributed by atoms with Gasteiger partial charge in [0.2, 0.25) is 9.84 Å². The fourth-order valence-electron chi connectivity index (χ4n) is 3.59. The number of ketones is 1. The van der Waals surface area contributed by atoms with Crippen LogP contribution in [-0.2, 0) is 21.1 Å². The van der Waals surface area contributed by atoms with E-state index < -0.39 is 27.2 Å². The average Bonchev–Trinajstić information content (AvgIpc) is 3.44. The van der Waals surface area contributed by atoms with Crippen LogP contribution in [0.1, 0.15) is 49.8 Å². The lowest BCUT2D eigenvalue weighted by molar-refractivity contribution is -0.116. The van der Waals surface area contributed by atoms with Crippen molar-refractivity contribution in [2.75, 3.05) is 5.75 Å². The molecule has 1 aromatic carbocycles. The van der Waals surface area contributed by atoms with Gasteiger partial charge in [0.05, 0.1) is 6.04 Å². The van der Waals surface area contributed by atoms with Crippen LogP contribution < -0.4 is 0 Å². The highest BCUT2D eigenvalue weighted by molar-refractivity contribution is 7.91. The van der Waals surface area contributed by atoms with Crippen molar-refractivity contribution in [1.29, 1.82) is 0 Å². The van der Waals surface area contributed by atoms with E-state index >= 15 is 0 Å². The lowest BCUT2D eigenvalue weighted by Gasteiger charge is -2.17. The van der Waals surface area contributed by atoms with E-state index in [1.54, 1.807) is 24.5 Å². The Morgan fingerprint density at radius 2 is 2.06 bits per heavy atom. The lowest BCUT2D eigenvalue weighted by Crippen LogP contribution is -2.20. The molecule has 162 valence electrons. The molecule has 0 unspecified atom stereocenters. The second-order valence-corrected chi connectivity index (χ2v) is 10.0. The topological polar surface area (TPSA) is 94.8 Å². The minimum atomic E-state index is -3.96. The molecule has 3 aromatic rings. The predicted octanol–water partition coefficient (Wildman–Crippen LogP) is 3.52. The molecular formula is C22H23FN4O3S. The van der Waals surface area contributed by atoms with Gasteiger partial charge in [-0.2, -0.15) is 0 Å². The van der Waals surface area contributed by atoms with E-state index in [-0.39, 0.29) is 23.5 Å². The Bertz CT molecular complexity index is 1220. The first-order chi connectivity index (χ1) is 14.7. The van der Waals surface area contributed by atoms with Crippen molar-refractivity contribution in [3.05, 3.63) is 59.9 Å². The summed E-state index contributed by atoms with van der Waals surface area (Å²) in [6.07, 6.45) is 6.35. The van der Waals surface area contributed by atoms with Crippen molar-refractivity contribution in [2.24, 2.45) is 0 Å². The zero-order valence-corrected chi connectivity index (χ0v) is 18.1. The highest BCUT2D eigenvalue weighted by Gasteiger charge is 2.29. The van der Waals surface area contributed by atoms with E-state index in [9.17, 15) is 17.6 Å². The van der Waals surface area contributed by atoms with Crippen molar-refractivity contribution in [2.45, 2.75) is 50.2 Å². The summed E-state index contributed by atoms with van der Waals surface area (Å²) in [5.41, 5.74) is 2.49. The molecule has 4 rings (SSSR count). The molecule has 0 atom stereocenters. The standard InChI is InChI=1S/C22H23FN4O3S/c1-14(2)19-8-16(23)9-20(15-4-3-7-24-11-15)21(19)10-18(28)12-31(29,30)22-25-13-27(26-22)17-5-6-17/h3-4,7-9,11,13-14,17H,5-6,10,12H2,1-2H3. The number of nitrogens with zero attached hydrogens (tertiary/aromatic N) is 4. The smallest absolute Gasteiger partial charge is 0.267 e. The van der Waals surface area contributed by atoms with Gasteiger partial charge in [-0.15, -0.1) is 5.10 Å². The summed E-state index contributed by atoms with van der Waals surface area (Å²) >= 11 is 0. The van der Waals surface area contributed by atoms with E-state index in [1.807, 2.05) is 13.8 Å². The van der Waals surface area contributed by atoms with Crippen LogP contribution in [0.2, 0.25) is 0 Å². The summed E-state index contributed by atoms with van der Waals surface area (Å²) in [5.74, 6) is -1.67. The first-order valence-corrected chi connectivity index (χ1v) is 11.8. The van der Waals surface area contributed by atoms with Gasteiger partial charge in [-0.1, -0.05) is 19.9 Å². The van der Waals surface area contributed by atoms with E-state index in [0.717, 1.165) is 12.8 Å². The Kier molecular flexibility index (Phi) is 5.70. The molecule has 7 nitrogen and oxygen atoms in total. The summed E-state index contributed by atoms with van der Waals surface area (Å²) < 4.78 is 41.2. The van der Waals surface area contributed by atoms with E-state index in [0.29, 0.717) is 22.3 Å². The summed E-state index contributed by atoms with van der Waals surface area (Å²) in [6.45, 7) is 3.81. The molecule has 9 heteroatoms. The maximum Gasteiger partial charge on any atom is 0.267 e. The molecular weight excluding hydrogens is 419 g/mol. The van der Waals surface area contributed by atoms with Gasteiger partial charge in [0.25, 0.3) is 5.16 Å². The Labute approximate surface area is 180 Å². The molecule has 0 radical (unpaired) electrons. The first-order valence-electron chi connectivity index (χ1n) is 10.1. The number of pyridine rings is 1. The Morgan fingerprint density at radius 3 is 2.71 bits per heavy atom. The van der Waals surface area contributed by atoms with Crippen LogP contribution in [0.25, 0.3) is 11.1 Å². The molecule has 0 aliphatic heterocycles. The minimum Gasteiger partial charge on any atom is -0.298 e. The number of benzene rings is 1. The summed E-state index contributed by atoms with van der Waals surface area (Å²) in [7, 11) is -3.96. The highest BCUT2D eigenvalue weighted by Crippen LogP contribution is 2.34. The maximum absolute atomic E-state index is 14.3. The summed E-state index contributed by atoms with van der Waals surface area (Å²) in [6, 6.07) is 6.47. The fraction of sp³-hybridized carbons (Fsp3) is 0.364. The van der Waals surface area contributed by atoms with E-state index in [2.05, 4.69) is 15.1 Å². The van der Waals surface area contributed by atoms with Crippen molar-refractivity contribution >= 4 is 15.6 Å². The molecule has 0 saturated heterocycles. The van der Waals surface area contributed by atoms with E-state index in [4.69, 9.17) is 0 Å². The second-order valence-electron chi connectivity index (χ2n) is 8.13. The molecule has 0 bridgehead atoms. The fourth-order valence-corrected chi connectivity index (χ4v) is 4.67. The number of aromatic nitrogens is 4. The third-order valence-corrected chi connectivity index (χ3v) is 6.70. The van der Waals surface area contributed by atoms with Gasteiger partial charge >= 0.3 is 0 Å². The number of carbonyl (C=O) groups excluding carboxylic acids is 1. The van der Waals surface area contributed by atoms with Crippen LogP contribution in [0.15, 0.2) is 48.1 Å². The van der Waals surface area contributed by atoms with Gasteiger partial charge in [-0.3, -0.25) is 9.78 Å². The Morgan fingerprint density at radius 1 is 1.29 bits per heavy atom. The van der Waals surface area contributed by atoms with Gasteiger partial charge < -0.3 is 0 Å². The lowest BCUT2D eigenvalue weighted by atomic mass is 9.88. The molecule has 2 aromatic heterocycles. The zero-order valence-electron chi connectivity index (χ0n) is 17.3. The second kappa shape index (κ2) is 8.30. The normalized spacial score (nSPS) is 14.2. The molecule has 0 spiro atoms. The van der Waals surface area contributed by atoms with Crippen LogP contribution in [0.3, 0.4) is 0 Å². The number of hydrogen-bond donors (Lipinski definition) is 0. The summed E-state index contributed by atoms with van der Waals surface area (Å²) in [4.78, 5) is 20.8. The monoisotopic (exact) mass is 442 g/mol. The highest BCUT2D eigenvalue weighted by atomic mass is 32.2. The van der Waals surface area contributed by atoms with Crippen molar-refractivity contribution < 1.29 is 17.6 Å². The number of Topliss-reactive ketones (excluding diaryl/α,β-unsaturated/α-hetero) is 1. The quantitative estimate of drug-likeness (QED) is 0.530. The minimum absolute atomic E-state index is 0.0542. The van der Waals surface area contributed by atoms with E-state index in [1.165, 1.54) is 23.1 Å². The van der Waals surface area contributed by atoms with Gasteiger partial charge in [0.15, 0.2) is 5.78 Å². The van der Waals surface area contributed by atoms with Crippen molar-refractivity contribution in [1.82, 2.24) is 19.7 Å². The molecule has 2 heterocycles. The molecule has 1 aliphatic rings. The number of sulfone groups is 1. The predicted molar refractivity (Wildman–Crippen MR) is 113 cm³/mol. The molecule has 31 heavy (non-hydrogen) atoms. The first kappa shape index (κ1) is 21.3. The van der Waals surface area contributed by atoms with Crippen LogP contribution in [0.4, 0.5) is 4.39 Å². The maximum atomic E-state index is 14.3. The van der Waals surface area contributed by atoms with Crippen LogP contribution in [0, 0.1) is 5.82 Å². The molecule has 1 saturated carbocycles. The molecule has 0 amide bonds. The van der Waals surface area contributed by atoms with Gasteiger partial charge in [-0.25, -0.2) is 22.5 Å². The van der Waals surface area contributed by atoms with Crippen LogP contribution >= 0.6 is 0 Å². The summed E-state index contributed by atoms with van der Waals surface area (Å²) in [5, 5.41) is 3.70. The Hall–Kier alpha value is -2.94. The van der Waals surface area contributed by atoms with Crippen LogP contribution in [0.5, 0.6) is 0 Å². The SMILES string of the molecule is CC(C)c1cc(F)cc(-c2cccnc2)c1CC(=O)CS(=O)(=O)c1ncn(C2CC2)n1. The van der Waals surface area contributed by atoms with Gasteiger partial charge in [0, 0.05) is 24.4 Å². The Balaban J connectivity index is 1.63. The number of rotatable bonds is 8. The number of hydrogen-bond acceptors (Lipinski definition) is 6. The van der Waals surface area contributed by atoms with Crippen LogP contribution in [-0.4, -0.2) is 39.7 Å². The van der Waals surface area contributed by atoms with Gasteiger partial charge in [0.1, 0.15) is 17.9 Å². The number of carbonyl (C=O) groups is 1. The van der Waals surface area contributed by atoms with Crippen molar-refractivity contribution in [3.63, 3.8) is 0 Å². The molecule has 1 fully saturated rings. The third-order valence-electron chi connectivity index (χ3n) is 5.26. The molecule has 0 N–H and O–H groups in total. The largest absolute Gasteiger partial charge is 0.298 e. The van der Waals surface area contributed by atoms with Crippen molar-refractivity contribution in [3.8, 4) is 11.1 Å². The van der Waals surface area contributed by atoms with Gasteiger partial charge in [-0.05, 0) is 53.6 Å². The average molecular weight is 443 g/mol. The molecule has 1 aliphatic carbocycles. The third kappa shape index (κ3) is 4.71. The number of halogens is 1. The zero-order chi connectivity index (χ0) is 22.2.